The number of H-pyrrole nitrogens is 1. The van der Waals surface area contributed by atoms with Crippen LogP contribution in [0.1, 0.15) is 21.5 Å². The van der Waals surface area contributed by atoms with E-state index in [1.165, 1.54) is 6.20 Å². The minimum atomic E-state index is -1.03. The number of hydrogen-bond acceptors (Lipinski definition) is 2. The van der Waals surface area contributed by atoms with Crippen LogP contribution < -0.4 is 5.73 Å². The van der Waals surface area contributed by atoms with Crippen molar-refractivity contribution in [3.8, 4) is 0 Å². The largest absolute Gasteiger partial charge is 0.396 e. The fourth-order valence-electron chi connectivity index (χ4n) is 2.34. The van der Waals surface area contributed by atoms with Gasteiger partial charge in [0.2, 0.25) is 5.78 Å². The summed E-state index contributed by atoms with van der Waals surface area (Å²) in [5.74, 6) is -2.68. The summed E-state index contributed by atoms with van der Waals surface area (Å²) < 4.78 is 27.8. The van der Waals surface area contributed by atoms with Crippen LogP contribution in [-0.2, 0) is 0 Å². The molecule has 0 saturated carbocycles. The van der Waals surface area contributed by atoms with E-state index in [2.05, 4.69) is 4.98 Å². The van der Waals surface area contributed by atoms with E-state index in [1.54, 1.807) is 6.07 Å². The van der Waals surface area contributed by atoms with Crippen LogP contribution in [0.25, 0.3) is 10.9 Å². The number of benzene rings is 2. The van der Waals surface area contributed by atoms with Crippen molar-refractivity contribution in [2.75, 3.05) is 5.73 Å². The highest BCUT2D eigenvalue weighted by Crippen LogP contribution is 2.26. The van der Waals surface area contributed by atoms with Gasteiger partial charge in [0.15, 0.2) is 5.82 Å². The van der Waals surface area contributed by atoms with E-state index in [4.69, 9.17) is 5.73 Å². The number of nitrogens with two attached hydrogens (primary N) is 1. The van der Waals surface area contributed by atoms with Gasteiger partial charge in [0.05, 0.1) is 11.3 Å². The molecule has 3 nitrogen and oxygen atoms in total. The Bertz CT molecular complexity index is 868. The molecule has 3 aromatic rings. The summed E-state index contributed by atoms with van der Waals surface area (Å²) in [4.78, 5) is 15.4. The number of aryl methyl sites for hydroxylation is 1. The average molecular weight is 286 g/mol. The summed E-state index contributed by atoms with van der Waals surface area (Å²) in [6.07, 6.45) is 1.45. The zero-order valence-corrected chi connectivity index (χ0v) is 11.2. The Morgan fingerprint density at radius 1 is 1.19 bits per heavy atom. The smallest absolute Gasteiger partial charge is 0.201 e. The van der Waals surface area contributed by atoms with Crippen molar-refractivity contribution in [3.63, 3.8) is 0 Å². The Labute approximate surface area is 119 Å². The number of carbonyl (C=O) groups is 1. The van der Waals surface area contributed by atoms with Crippen molar-refractivity contribution in [1.29, 1.82) is 0 Å². The van der Waals surface area contributed by atoms with Gasteiger partial charge in [-0.25, -0.2) is 8.78 Å². The average Bonchev–Trinajstić information content (AvgIpc) is 2.86. The van der Waals surface area contributed by atoms with Crippen LogP contribution in [0.15, 0.2) is 36.5 Å². The molecule has 0 radical (unpaired) electrons. The normalized spacial score (nSPS) is 11.0. The molecule has 3 rings (SSSR count). The molecule has 5 heteroatoms. The summed E-state index contributed by atoms with van der Waals surface area (Å²) in [7, 11) is 0. The maximum Gasteiger partial charge on any atom is 0.201 e. The van der Waals surface area contributed by atoms with Crippen LogP contribution in [0, 0.1) is 18.6 Å². The molecular weight excluding hydrogens is 274 g/mol. The van der Waals surface area contributed by atoms with E-state index >= 15 is 0 Å². The van der Waals surface area contributed by atoms with Crippen LogP contribution >= 0.6 is 0 Å². The molecule has 0 fully saturated rings. The second-order valence-corrected chi connectivity index (χ2v) is 4.91. The van der Waals surface area contributed by atoms with Crippen molar-refractivity contribution in [2.45, 2.75) is 6.92 Å². The van der Waals surface area contributed by atoms with Gasteiger partial charge in [-0.2, -0.15) is 0 Å². The molecule has 0 unspecified atom stereocenters. The molecule has 0 aliphatic heterocycles. The van der Waals surface area contributed by atoms with Crippen molar-refractivity contribution in [1.82, 2.24) is 4.98 Å². The monoisotopic (exact) mass is 286 g/mol. The fourth-order valence-corrected chi connectivity index (χ4v) is 2.34. The molecule has 106 valence electrons. The Morgan fingerprint density at radius 3 is 2.71 bits per heavy atom. The lowest BCUT2D eigenvalue weighted by molar-refractivity contribution is 0.103. The first-order valence-corrected chi connectivity index (χ1v) is 6.35. The number of aromatic amines is 1. The Morgan fingerprint density at radius 2 is 1.95 bits per heavy atom. The highest BCUT2D eigenvalue weighted by atomic mass is 19.1. The third kappa shape index (κ3) is 2.07. The highest BCUT2D eigenvalue weighted by molar-refractivity contribution is 6.16. The molecule has 0 bridgehead atoms. The second kappa shape index (κ2) is 4.70. The van der Waals surface area contributed by atoms with Crippen LogP contribution in [0.3, 0.4) is 0 Å². The number of nitrogen functional groups attached to an aromatic ring is 1. The summed E-state index contributed by atoms with van der Waals surface area (Å²) in [6, 6.07) is 7.53. The second-order valence-electron chi connectivity index (χ2n) is 4.91. The first kappa shape index (κ1) is 13.3. The van der Waals surface area contributed by atoms with E-state index in [0.29, 0.717) is 5.39 Å². The van der Waals surface area contributed by atoms with Crippen LogP contribution in [0.5, 0.6) is 0 Å². The van der Waals surface area contributed by atoms with Crippen LogP contribution in [0.4, 0.5) is 14.5 Å². The fraction of sp³-hybridized carbons (Fsp3) is 0.0625. The lowest BCUT2D eigenvalue weighted by Gasteiger charge is -2.05. The van der Waals surface area contributed by atoms with E-state index in [9.17, 15) is 13.6 Å². The molecule has 3 N–H and O–H groups in total. The molecule has 0 aliphatic rings. The van der Waals surface area contributed by atoms with Crippen LogP contribution in [0.2, 0.25) is 0 Å². The molecule has 0 amide bonds. The number of halogens is 2. The standard InChI is InChI=1S/C16H12F2N2O/c1-8-2-3-9-10(7-20-13(9)6-8)16(21)14-11(17)4-5-12(19)15(14)18/h2-7,20H,19H2,1H3. The van der Waals surface area contributed by atoms with Gasteiger partial charge in [0.25, 0.3) is 0 Å². The minimum Gasteiger partial charge on any atom is -0.396 e. The molecule has 21 heavy (non-hydrogen) atoms. The number of fused-ring (bicyclic) bond motifs is 1. The predicted octanol–water partition coefficient (Wildman–Crippen LogP) is 3.57. The van der Waals surface area contributed by atoms with E-state index < -0.39 is 23.0 Å². The van der Waals surface area contributed by atoms with Crippen LogP contribution in [-0.4, -0.2) is 10.8 Å². The Balaban J connectivity index is 2.20. The summed E-state index contributed by atoms with van der Waals surface area (Å²) in [5.41, 5.74) is 6.50. The number of rotatable bonds is 2. The topological polar surface area (TPSA) is 58.9 Å². The molecule has 0 aliphatic carbocycles. The third-order valence-electron chi connectivity index (χ3n) is 3.43. The van der Waals surface area contributed by atoms with Crippen molar-refractivity contribution in [2.24, 2.45) is 0 Å². The number of aromatic nitrogens is 1. The van der Waals surface area contributed by atoms with Gasteiger partial charge in [-0.3, -0.25) is 4.79 Å². The molecule has 0 atom stereocenters. The summed E-state index contributed by atoms with van der Waals surface area (Å²) in [6.45, 7) is 1.92. The maximum absolute atomic E-state index is 14.0. The lowest BCUT2D eigenvalue weighted by Crippen LogP contribution is -2.09. The SMILES string of the molecule is Cc1ccc2c(C(=O)c3c(F)ccc(N)c3F)c[nH]c2c1. The maximum atomic E-state index is 14.0. The molecule has 1 aromatic heterocycles. The van der Waals surface area contributed by atoms with Crippen molar-refractivity contribution < 1.29 is 13.6 Å². The zero-order valence-electron chi connectivity index (χ0n) is 11.2. The Kier molecular flexibility index (Phi) is 2.97. The van der Waals surface area contributed by atoms with Gasteiger partial charge >= 0.3 is 0 Å². The number of ketones is 1. The number of nitrogens with one attached hydrogen (secondary N) is 1. The summed E-state index contributed by atoms with van der Waals surface area (Å²) >= 11 is 0. The van der Waals surface area contributed by atoms with E-state index in [0.717, 1.165) is 23.2 Å². The lowest BCUT2D eigenvalue weighted by atomic mass is 10.0. The quantitative estimate of drug-likeness (QED) is 0.559. The van der Waals surface area contributed by atoms with Gasteiger partial charge in [-0.15, -0.1) is 0 Å². The first-order chi connectivity index (χ1) is 9.99. The molecular formula is C16H12F2N2O. The van der Waals surface area contributed by atoms with Crippen molar-refractivity contribution in [3.05, 3.63) is 64.9 Å². The third-order valence-corrected chi connectivity index (χ3v) is 3.43. The molecule has 0 saturated heterocycles. The van der Waals surface area contributed by atoms with Gasteiger partial charge in [0.1, 0.15) is 5.82 Å². The van der Waals surface area contributed by atoms with Gasteiger partial charge in [0, 0.05) is 22.7 Å². The van der Waals surface area contributed by atoms with Gasteiger partial charge in [-0.05, 0) is 30.7 Å². The molecule has 1 heterocycles. The van der Waals surface area contributed by atoms with Gasteiger partial charge in [-0.1, -0.05) is 12.1 Å². The molecule has 2 aromatic carbocycles. The first-order valence-electron chi connectivity index (χ1n) is 6.35. The van der Waals surface area contributed by atoms with E-state index in [-0.39, 0.29) is 11.3 Å². The summed E-state index contributed by atoms with van der Waals surface area (Å²) in [5, 5.41) is 0.617. The zero-order chi connectivity index (χ0) is 15.1. The highest BCUT2D eigenvalue weighted by Gasteiger charge is 2.23. The predicted molar refractivity (Wildman–Crippen MR) is 77.2 cm³/mol. The van der Waals surface area contributed by atoms with E-state index in [1.807, 2.05) is 19.1 Å². The van der Waals surface area contributed by atoms with Crippen molar-refractivity contribution >= 4 is 22.4 Å². The number of anilines is 1. The molecule has 0 spiro atoms. The number of carbonyl (C=O) groups excluding carboxylic acids is 1. The minimum absolute atomic E-state index is 0.216. The Hall–Kier alpha value is -2.69. The number of hydrogen-bond donors (Lipinski definition) is 2. The van der Waals surface area contributed by atoms with Gasteiger partial charge < -0.3 is 10.7 Å².